The van der Waals surface area contributed by atoms with Gasteiger partial charge in [-0.2, -0.15) is 0 Å². The van der Waals surface area contributed by atoms with Gasteiger partial charge >= 0.3 is 5.97 Å². The molecule has 1 aromatic carbocycles. The Morgan fingerprint density at radius 1 is 1.41 bits per heavy atom. The lowest BCUT2D eigenvalue weighted by Gasteiger charge is -2.18. The first-order valence-corrected chi connectivity index (χ1v) is 5.26. The Morgan fingerprint density at radius 2 is 2.06 bits per heavy atom. The third-order valence-corrected chi connectivity index (χ3v) is 2.55. The Balaban J connectivity index is 3.12. The van der Waals surface area contributed by atoms with E-state index in [1.807, 2.05) is 0 Å². The maximum absolute atomic E-state index is 13.5. The molecule has 0 saturated carbocycles. The number of rotatable bonds is 5. The van der Waals surface area contributed by atoms with E-state index in [2.05, 4.69) is 0 Å². The first kappa shape index (κ1) is 13.5. The molecule has 1 aromatic rings. The largest absolute Gasteiger partial charge is 0.481 e. The highest BCUT2D eigenvalue weighted by Crippen LogP contribution is 2.35. The number of carboxylic acid groups (broad SMARTS) is 1. The van der Waals surface area contributed by atoms with E-state index < -0.39 is 29.7 Å². The predicted octanol–water partition coefficient (Wildman–Crippen LogP) is 3.34. The number of hydrogen-bond acceptors (Lipinski definition) is 1. The second-order valence-corrected chi connectivity index (χ2v) is 3.72. The Labute approximate surface area is 97.1 Å². The second kappa shape index (κ2) is 5.21. The van der Waals surface area contributed by atoms with Crippen LogP contribution in [0.5, 0.6) is 0 Å². The van der Waals surface area contributed by atoms with Crippen LogP contribution in [-0.4, -0.2) is 11.1 Å². The molecule has 0 spiro atoms. The smallest absolute Gasteiger partial charge is 0.303 e. The van der Waals surface area contributed by atoms with Gasteiger partial charge in [-0.3, -0.25) is 4.79 Å². The maximum atomic E-state index is 13.5. The third-order valence-electron chi connectivity index (χ3n) is 2.55. The topological polar surface area (TPSA) is 37.3 Å². The molecular weight excluding hydrogens is 233 g/mol. The molecule has 5 heteroatoms. The van der Waals surface area contributed by atoms with Gasteiger partial charge in [-0.25, -0.2) is 13.2 Å². The van der Waals surface area contributed by atoms with Crippen LogP contribution in [0.1, 0.15) is 30.9 Å². The summed E-state index contributed by atoms with van der Waals surface area (Å²) in [6.45, 7) is 1.30. The molecule has 1 N–H and O–H groups in total. The minimum Gasteiger partial charge on any atom is -0.481 e. The lowest BCUT2D eigenvalue weighted by molar-refractivity contribution is -0.137. The summed E-state index contributed by atoms with van der Waals surface area (Å²) in [4.78, 5) is 10.4. The number of carbonyl (C=O) groups is 1. The minimum absolute atomic E-state index is 0.207. The summed E-state index contributed by atoms with van der Waals surface area (Å²) in [7, 11) is 0. The average molecular weight is 246 g/mol. The number of carboxylic acids is 1. The predicted molar refractivity (Wildman–Crippen MR) is 56.5 cm³/mol. The molecular formula is C12H13F3O2. The highest BCUT2D eigenvalue weighted by Gasteiger charge is 2.32. The summed E-state index contributed by atoms with van der Waals surface area (Å²) in [5, 5.41) is 8.51. The van der Waals surface area contributed by atoms with Crippen LogP contribution in [0.2, 0.25) is 0 Å². The van der Waals surface area contributed by atoms with Crippen LogP contribution in [0.25, 0.3) is 0 Å². The molecule has 0 aromatic heterocycles. The first-order valence-electron chi connectivity index (χ1n) is 5.26. The van der Waals surface area contributed by atoms with Gasteiger partial charge in [-0.05, 0) is 18.1 Å². The van der Waals surface area contributed by atoms with E-state index in [1.54, 1.807) is 0 Å². The van der Waals surface area contributed by atoms with Crippen LogP contribution in [0.4, 0.5) is 13.2 Å². The highest BCUT2D eigenvalue weighted by molar-refractivity contribution is 5.67. The fourth-order valence-electron chi connectivity index (χ4n) is 1.58. The number of benzene rings is 1. The van der Waals surface area contributed by atoms with Crippen LogP contribution in [0.15, 0.2) is 18.2 Å². The van der Waals surface area contributed by atoms with E-state index in [0.29, 0.717) is 0 Å². The summed E-state index contributed by atoms with van der Waals surface area (Å²) < 4.78 is 40.5. The van der Waals surface area contributed by atoms with E-state index >= 15 is 0 Å². The third kappa shape index (κ3) is 3.22. The fourth-order valence-corrected chi connectivity index (χ4v) is 1.58. The molecule has 1 rings (SSSR count). The zero-order valence-electron chi connectivity index (χ0n) is 9.34. The summed E-state index contributed by atoms with van der Waals surface area (Å²) in [5.74, 6) is -5.05. The summed E-state index contributed by atoms with van der Waals surface area (Å²) in [6, 6.07) is 3.41. The van der Waals surface area contributed by atoms with E-state index in [9.17, 15) is 18.0 Å². The fraction of sp³-hybridized carbons (Fsp3) is 0.417. The average Bonchev–Trinajstić information content (AvgIpc) is 2.27. The van der Waals surface area contributed by atoms with Crippen LogP contribution in [0.3, 0.4) is 0 Å². The van der Waals surface area contributed by atoms with Gasteiger partial charge in [0.2, 0.25) is 0 Å². The zero-order valence-corrected chi connectivity index (χ0v) is 9.34. The molecule has 0 radical (unpaired) electrons. The normalized spacial score (nSPS) is 11.5. The quantitative estimate of drug-likeness (QED) is 0.865. The van der Waals surface area contributed by atoms with E-state index in [4.69, 9.17) is 5.11 Å². The summed E-state index contributed by atoms with van der Waals surface area (Å²) >= 11 is 0. The molecule has 0 aliphatic rings. The van der Waals surface area contributed by atoms with Crippen LogP contribution in [-0.2, 0) is 17.1 Å². The summed E-state index contributed by atoms with van der Waals surface area (Å²) in [6.07, 6.45) is -1.04. The van der Waals surface area contributed by atoms with Crippen molar-refractivity contribution in [1.29, 1.82) is 0 Å². The molecule has 17 heavy (non-hydrogen) atoms. The molecule has 0 amide bonds. The van der Waals surface area contributed by atoms with Gasteiger partial charge in [0.05, 0.1) is 0 Å². The molecule has 0 fully saturated rings. The van der Waals surface area contributed by atoms with Crippen LogP contribution >= 0.6 is 0 Å². The van der Waals surface area contributed by atoms with E-state index in [0.717, 1.165) is 12.1 Å². The van der Waals surface area contributed by atoms with Crippen molar-refractivity contribution in [2.75, 3.05) is 0 Å². The van der Waals surface area contributed by atoms with Crippen LogP contribution in [0, 0.1) is 5.82 Å². The minimum atomic E-state index is -3.13. The van der Waals surface area contributed by atoms with Crippen molar-refractivity contribution in [2.24, 2.45) is 0 Å². The molecule has 0 unspecified atom stereocenters. The van der Waals surface area contributed by atoms with Crippen LogP contribution < -0.4 is 0 Å². The van der Waals surface area contributed by atoms with Crippen molar-refractivity contribution in [1.82, 2.24) is 0 Å². The molecule has 0 aliphatic carbocycles. The SMILES string of the molecule is CCC(F)(F)c1cccc(F)c1CCC(=O)O. The van der Waals surface area contributed by atoms with Gasteiger partial charge in [0.1, 0.15) is 5.82 Å². The molecule has 0 heterocycles. The van der Waals surface area contributed by atoms with Crippen molar-refractivity contribution in [3.05, 3.63) is 35.1 Å². The highest BCUT2D eigenvalue weighted by atomic mass is 19.3. The van der Waals surface area contributed by atoms with Gasteiger partial charge in [-0.1, -0.05) is 19.1 Å². The lowest BCUT2D eigenvalue weighted by atomic mass is 9.96. The van der Waals surface area contributed by atoms with Crippen molar-refractivity contribution in [2.45, 2.75) is 32.1 Å². The monoisotopic (exact) mass is 246 g/mol. The molecule has 0 atom stereocenters. The Morgan fingerprint density at radius 3 is 2.59 bits per heavy atom. The molecule has 0 bridgehead atoms. The number of halogens is 3. The van der Waals surface area contributed by atoms with Crippen molar-refractivity contribution < 1.29 is 23.1 Å². The van der Waals surface area contributed by atoms with E-state index in [-0.39, 0.29) is 18.4 Å². The first-order chi connectivity index (χ1) is 7.88. The Hall–Kier alpha value is -1.52. The van der Waals surface area contributed by atoms with E-state index in [1.165, 1.54) is 13.0 Å². The molecule has 94 valence electrons. The maximum Gasteiger partial charge on any atom is 0.303 e. The number of hydrogen-bond donors (Lipinski definition) is 1. The second-order valence-electron chi connectivity index (χ2n) is 3.72. The Kier molecular flexibility index (Phi) is 4.15. The standard InChI is InChI=1S/C12H13F3O2/c1-2-12(14,15)9-4-3-5-10(13)8(9)6-7-11(16)17/h3-5H,2,6-7H2,1H3,(H,16,17). The van der Waals surface area contributed by atoms with Crippen molar-refractivity contribution in [3.8, 4) is 0 Å². The molecule has 0 aliphatic heterocycles. The van der Waals surface area contributed by atoms with Gasteiger partial charge in [0, 0.05) is 18.4 Å². The summed E-state index contributed by atoms with van der Waals surface area (Å²) in [5.41, 5.74) is -0.622. The van der Waals surface area contributed by atoms with Gasteiger partial charge < -0.3 is 5.11 Å². The molecule has 2 nitrogen and oxygen atoms in total. The zero-order chi connectivity index (χ0) is 13.1. The van der Waals surface area contributed by atoms with Gasteiger partial charge in [0.15, 0.2) is 0 Å². The lowest BCUT2D eigenvalue weighted by Crippen LogP contribution is -2.16. The molecule has 0 saturated heterocycles. The van der Waals surface area contributed by atoms with Crippen molar-refractivity contribution >= 4 is 5.97 Å². The number of alkyl halides is 2. The van der Waals surface area contributed by atoms with Gasteiger partial charge in [0.25, 0.3) is 5.92 Å². The van der Waals surface area contributed by atoms with Gasteiger partial charge in [-0.15, -0.1) is 0 Å². The number of aliphatic carboxylic acids is 1. The Bertz CT molecular complexity index is 416. The van der Waals surface area contributed by atoms with Crippen molar-refractivity contribution in [3.63, 3.8) is 0 Å².